The molecule has 174 valence electrons. The number of benzene rings is 2. The number of aryl methyl sites for hydroxylation is 2. The monoisotopic (exact) mass is 448 g/mol. The molecule has 3 aromatic rings. The molecule has 1 amide bonds. The summed E-state index contributed by atoms with van der Waals surface area (Å²) in [7, 11) is 0. The molecule has 0 fully saturated rings. The van der Waals surface area contributed by atoms with Crippen molar-refractivity contribution in [2.75, 3.05) is 19.6 Å². The molecule has 0 spiro atoms. The Morgan fingerprint density at radius 2 is 2.00 bits per heavy atom. The number of rotatable bonds is 9. The highest BCUT2D eigenvalue weighted by Gasteiger charge is 2.19. The molecule has 1 aliphatic rings. The van der Waals surface area contributed by atoms with Crippen molar-refractivity contribution in [2.24, 2.45) is 0 Å². The van der Waals surface area contributed by atoms with Crippen LogP contribution in [0.2, 0.25) is 0 Å². The van der Waals surface area contributed by atoms with Crippen molar-refractivity contribution in [1.29, 1.82) is 0 Å². The third-order valence-electron chi connectivity index (χ3n) is 6.05. The number of hydrogen-bond acceptors (Lipinski definition) is 6. The summed E-state index contributed by atoms with van der Waals surface area (Å²) in [5.74, 6) is 0.773. The van der Waals surface area contributed by atoms with Gasteiger partial charge < -0.3 is 14.8 Å². The zero-order valence-corrected chi connectivity index (χ0v) is 19.4. The molecule has 1 aromatic heterocycles. The molecule has 0 bridgehead atoms. The first-order valence-corrected chi connectivity index (χ1v) is 11.7. The Hall–Kier alpha value is -3.03. The molecule has 4 rings (SSSR count). The van der Waals surface area contributed by atoms with E-state index in [4.69, 9.17) is 4.42 Å². The number of nitrogens with zero attached hydrogens (tertiary/aromatic N) is 3. The number of aliphatic hydroxyl groups is 1. The molecule has 2 N–H and O–H groups in total. The van der Waals surface area contributed by atoms with Crippen LogP contribution in [0.15, 0.2) is 46.9 Å². The first-order chi connectivity index (χ1) is 16.0. The third-order valence-corrected chi connectivity index (χ3v) is 6.05. The Balaban J connectivity index is 1.21. The quantitative estimate of drug-likeness (QED) is 0.520. The Morgan fingerprint density at radius 1 is 1.18 bits per heavy atom. The summed E-state index contributed by atoms with van der Waals surface area (Å²) in [6.07, 6.45) is 3.36. The normalized spacial score (nSPS) is 14.6. The Labute approximate surface area is 194 Å². The lowest BCUT2D eigenvalue weighted by atomic mass is 9.95. The lowest BCUT2D eigenvalue weighted by molar-refractivity contribution is 0.0892. The Kier molecular flexibility index (Phi) is 7.52. The third kappa shape index (κ3) is 6.06. The summed E-state index contributed by atoms with van der Waals surface area (Å²) in [5.41, 5.74) is 5.55. The molecular formula is C26H32N4O3. The summed E-state index contributed by atoms with van der Waals surface area (Å²) >= 11 is 0. The van der Waals surface area contributed by atoms with Gasteiger partial charge in [-0.1, -0.05) is 31.5 Å². The molecule has 0 radical (unpaired) electrons. The van der Waals surface area contributed by atoms with Gasteiger partial charge in [0.1, 0.15) is 0 Å². The molecule has 1 atom stereocenters. The van der Waals surface area contributed by atoms with Crippen LogP contribution in [-0.2, 0) is 19.4 Å². The number of aliphatic hydroxyl groups excluding tert-OH is 1. The largest absolute Gasteiger partial charge is 0.421 e. The highest BCUT2D eigenvalue weighted by molar-refractivity contribution is 5.94. The zero-order valence-electron chi connectivity index (χ0n) is 19.4. The second-order valence-corrected chi connectivity index (χ2v) is 8.74. The molecule has 7 nitrogen and oxygen atoms in total. The predicted octanol–water partition coefficient (Wildman–Crippen LogP) is 3.54. The summed E-state index contributed by atoms with van der Waals surface area (Å²) < 4.78 is 5.40. The van der Waals surface area contributed by atoms with E-state index in [0.29, 0.717) is 36.9 Å². The number of aromatic nitrogens is 2. The van der Waals surface area contributed by atoms with E-state index in [1.54, 1.807) is 31.2 Å². The van der Waals surface area contributed by atoms with E-state index in [1.165, 1.54) is 23.1 Å². The van der Waals surface area contributed by atoms with Crippen molar-refractivity contribution < 1.29 is 14.3 Å². The molecule has 2 aromatic carbocycles. The number of fused-ring (bicyclic) bond motifs is 1. The molecule has 2 heterocycles. The lowest BCUT2D eigenvalue weighted by Gasteiger charge is -2.30. The van der Waals surface area contributed by atoms with Crippen LogP contribution in [0.3, 0.4) is 0 Å². The highest BCUT2D eigenvalue weighted by atomic mass is 16.4. The average molecular weight is 449 g/mol. The minimum absolute atomic E-state index is 0.162. The van der Waals surface area contributed by atoms with E-state index in [-0.39, 0.29) is 5.91 Å². The van der Waals surface area contributed by atoms with Crippen molar-refractivity contribution in [3.05, 3.63) is 70.6 Å². The zero-order chi connectivity index (χ0) is 23.2. The number of carbonyl (C=O) groups excluding carboxylic acids is 1. The topological polar surface area (TPSA) is 91.5 Å². The maximum Gasteiger partial charge on any atom is 0.251 e. The number of carbonyl (C=O) groups is 1. The van der Waals surface area contributed by atoms with Gasteiger partial charge in [0.05, 0.1) is 6.10 Å². The fourth-order valence-electron chi connectivity index (χ4n) is 4.29. The van der Waals surface area contributed by atoms with Gasteiger partial charge in [-0.25, -0.2) is 0 Å². The highest BCUT2D eigenvalue weighted by Crippen LogP contribution is 2.22. The Bertz CT molecular complexity index is 1080. The van der Waals surface area contributed by atoms with Crippen LogP contribution in [0.5, 0.6) is 0 Å². The van der Waals surface area contributed by atoms with E-state index in [1.807, 2.05) is 0 Å². The second-order valence-electron chi connectivity index (χ2n) is 8.74. The molecule has 33 heavy (non-hydrogen) atoms. The average Bonchev–Trinajstić information content (AvgIpc) is 3.25. The summed E-state index contributed by atoms with van der Waals surface area (Å²) in [4.78, 5) is 14.7. The summed E-state index contributed by atoms with van der Waals surface area (Å²) in [6, 6.07) is 13.9. The number of β-amino-alcohol motifs (C(OH)–C–C–N with tert-alkyl or cyclic N) is 1. The van der Waals surface area contributed by atoms with Crippen LogP contribution < -0.4 is 5.32 Å². The molecule has 0 aliphatic carbocycles. The van der Waals surface area contributed by atoms with Crippen molar-refractivity contribution in [1.82, 2.24) is 20.4 Å². The van der Waals surface area contributed by atoms with E-state index >= 15 is 0 Å². The fraction of sp³-hybridized carbons (Fsp3) is 0.423. The fourth-order valence-corrected chi connectivity index (χ4v) is 4.29. The van der Waals surface area contributed by atoms with Gasteiger partial charge in [-0.2, -0.15) is 0 Å². The van der Waals surface area contributed by atoms with E-state index in [2.05, 4.69) is 45.5 Å². The van der Waals surface area contributed by atoms with Crippen LogP contribution in [0.1, 0.15) is 52.7 Å². The standard InChI is InChI=1S/C26H32N4O3/c1-3-4-19-5-6-23-16-30(14-12-22(23)15-19)17-24(31)11-13-27-25(32)20-7-9-21(10-8-20)26-29-28-18(2)33-26/h5-10,15,24,31H,3-4,11-14,16-17H2,1-2H3,(H,27,32). The minimum atomic E-state index is -0.477. The van der Waals surface area contributed by atoms with Crippen LogP contribution in [-0.4, -0.2) is 51.8 Å². The number of hydrogen-bond donors (Lipinski definition) is 2. The van der Waals surface area contributed by atoms with Crippen molar-refractivity contribution in [3.8, 4) is 11.5 Å². The summed E-state index contributed by atoms with van der Waals surface area (Å²) in [6.45, 7) is 6.81. The van der Waals surface area contributed by atoms with Gasteiger partial charge in [0.2, 0.25) is 11.8 Å². The van der Waals surface area contributed by atoms with Gasteiger partial charge in [-0.15, -0.1) is 10.2 Å². The predicted molar refractivity (Wildman–Crippen MR) is 127 cm³/mol. The van der Waals surface area contributed by atoms with Crippen molar-refractivity contribution in [2.45, 2.75) is 52.2 Å². The van der Waals surface area contributed by atoms with Crippen LogP contribution in [0, 0.1) is 6.92 Å². The number of nitrogens with one attached hydrogen (secondary N) is 1. The van der Waals surface area contributed by atoms with E-state index in [9.17, 15) is 9.90 Å². The van der Waals surface area contributed by atoms with Gasteiger partial charge in [0.15, 0.2) is 0 Å². The van der Waals surface area contributed by atoms with E-state index < -0.39 is 6.10 Å². The molecule has 7 heteroatoms. The summed E-state index contributed by atoms with van der Waals surface area (Å²) in [5, 5.41) is 21.2. The van der Waals surface area contributed by atoms with Gasteiger partial charge in [-0.3, -0.25) is 9.69 Å². The maximum atomic E-state index is 12.4. The molecule has 0 saturated carbocycles. The molecule has 0 saturated heterocycles. The van der Waals surface area contributed by atoms with Gasteiger partial charge in [0.25, 0.3) is 5.91 Å². The number of amides is 1. The van der Waals surface area contributed by atoms with Gasteiger partial charge in [0, 0.05) is 44.2 Å². The molecule has 1 aliphatic heterocycles. The minimum Gasteiger partial charge on any atom is -0.421 e. The van der Waals surface area contributed by atoms with Crippen molar-refractivity contribution in [3.63, 3.8) is 0 Å². The van der Waals surface area contributed by atoms with Gasteiger partial charge in [-0.05, 0) is 60.2 Å². The smallest absolute Gasteiger partial charge is 0.251 e. The first kappa shape index (κ1) is 23.1. The van der Waals surface area contributed by atoms with Crippen LogP contribution in [0.25, 0.3) is 11.5 Å². The second kappa shape index (κ2) is 10.7. The maximum absolute atomic E-state index is 12.4. The SMILES string of the molecule is CCCc1ccc2c(c1)CCN(CC(O)CCNC(=O)c1ccc(-c3nnc(C)o3)cc1)C2. The van der Waals surface area contributed by atoms with Crippen molar-refractivity contribution >= 4 is 5.91 Å². The van der Waals surface area contributed by atoms with E-state index in [0.717, 1.165) is 31.5 Å². The van der Waals surface area contributed by atoms with Crippen LogP contribution >= 0.6 is 0 Å². The lowest BCUT2D eigenvalue weighted by Crippen LogP contribution is -2.38. The van der Waals surface area contributed by atoms with Gasteiger partial charge >= 0.3 is 0 Å². The molecule has 1 unspecified atom stereocenters. The van der Waals surface area contributed by atoms with Crippen LogP contribution in [0.4, 0.5) is 0 Å². The first-order valence-electron chi connectivity index (χ1n) is 11.7. The Morgan fingerprint density at radius 3 is 2.73 bits per heavy atom. The molecular weight excluding hydrogens is 416 g/mol.